The summed E-state index contributed by atoms with van der Waals surface area (Å²) in [5.41, 5.74) is 5.64. The summed E-state index contributed by atoms with van der Waals surface area (Å²) in [6.45, 7) is 1.16. The largest absolute Gasteiger partial charge is 0.446 e. The molecule has 1 aromatic rings. The Morgan fingerprint density at radius 3 is 2.63 bits per heavy atom. The first-order valence-electron chi connectivity index (χ1n) is 10.7. The van der Waals surface area contributed by atoms with Crippen LogP contribution in [0.2, 0.25) is 0 Å². The summed E-state index contributed by atoms with van der Waals surface area (Å²) in [6.07, 6.45) is 4.92. The molecule has 1 saturated heterocycles. The van der Waals surface area contributed by atoms with Crippen molar-refractivity contribution < 1.29 is 14.3 Å². The lowest BCUT2D eigenvalue weighted by atomic mass is 9.48. The molecule has 4 saturated carbocycles. The number of rotatable bonds is 4. The van der Waals surface area contributed by atoms with Crippen molar-refractivity contribution in [3.05, 3.63) is 17.8 Å². The lowest BCUT2D eigenvalue weighted by Gasteiger charge is -2.58. The van der Waals surface area contributed by atoms with Gasteiger partial charge in [-0.15, -0.1) is 10.2 Å². The Kier molecular flexibility index (Phi) is 4.53. The summed E-state index contributed by atoms with van der Waals surface area (Å²) in [7, 11) is 0. The van der Waals surface area contributed by atoms with Crippen LogP contribution < -0.4 is 11.1 Å². The SMILES string of the molecule is N#Cc1ccc(N[C@@H]2CCN(C(=O)OC3C4CC5CC3CC(C(N)=O)(C5)C4)C2)nn1. The smallest absolute Gasteiger partial charge is 0.410 e. The fourth-order valence-corrected chi connectivity index (χ4v) is 6.38. The van der Waals surface area contributed by atoms with Gasteiger partial charge in [-0.25, -0.2) is 4.79 Å². The highest BCUT2D eigenvalue weighted by Gasteiger charge is 2.59. The average Bonchev–Trinajstić information content (AvgIpc) is 3.19. The number of nitriles is 1. The number of carbonyl (C=O) groups excluding carboxylic acids is 2. The van der Waals surface area contributed by atoms with Crippen molar-refractivity contribution in [2.24, 2.45) is 28.9 Å². The first-order chi connectivity index (χ1) is 14.5. The molecule has 30 heavy (non-hydrogen) atoms. The van der Waals surface area contributed by atoms with Gasteiger partial charge in [0.25, 0.3) is 0 Å². The van der Waals surface area contributed by atoms with E-state index in [9.17, 15) is 9.59 Å². The van der Waals surface area contributed by atoms with Gasteiger partial charge in [0, 0.05) is 19.1 Å². The van der Waals surface area contributed by atoms with Crippen LogP contribution in [0.1, 0.15) is 44.2 Å². The summed E-state index contributed by atoms with van der Waals surface area (Å²) >= 11 is 0. The lowest BCUT2D eigenvalue weighted by molar-refractivity contribution is -0.161. The molecule has 0 spiro atoms. The molecule has 0 aromatic carbocycles. The van der Waals surface area contributed by atoms with Crippen molar-refractivity contribution in [2.75, 3.05) is 18.4 Å². The van der Waals surface area contributed by atoms with Gasteiger partial charge in [-0.3, -0.25) is 4.79 Å². The fraction of sp³-hybridized carbons (Fsp3) is 0.667. The molecule has 5 fully saturated rings. The Morgan fingerprint density at radius 1 is 1.23 bits per heavy atom. The zero-order valence-electron chi connectivity index (χ0n) is 16.8. The van der Waals surface area contributed by atoms with Crippen molar-refractivity contribution in [3.8, 4) is 6.07 Å². The van der Waals surface area contributed by atoms with Gasteiger partial charge in [0.05, 0.1) is 5.41 Å². The lowest BCUT2D eigenvalue weighted by Crippen LogP contribution is -2.59. The highest BCUT2D eigenvalue weighted by molar-refractivity contribution is 5.81. The zero-order chi connectivity index (χ0) is 20.9. The van der Waals surface area contributed by atoms with E-state index < -0.39 is 0 Å². The van der Waals surface area contributed by atoms with Gasteiger partial charge in [-0.1, -0.05) is 0 Å². The predicted octanol–water partition coefficient (Wildman–Crippen LogP) is 1.65. The highest BCUT2D eigenvalue weighted by atomic mass is 16.6. The molecule has 6 rings (SSSR count). The van der Waals surface area contributed by atoms with Crippen LogP contribution in [0.15, 0.2) is 12.1 Å². The minimum Gasteiger partial charge on any atom is -0.446 e. The molecule has 4 bridgehead atoms. The Hall–Kier alpha value is -2.89. The van der Waals surface area contributed by atoms with E-state index in [0.717, 1.165) is 38.5 Å². The van der Waals surface area contributed by atoms with E-state index in [1.54, 1.807) is 17.0 Å². The van der Waals surface area contributed by atoms with E-state index in [0.29, 0.717) is 24.8 Å². The van der Waals surface area contributed by atoms with Crippen molar-refractivity contribution in [1.82, 2.24) is 15.1 Å². The van der Waals surface area contributed by atoms with Crippen LogP contribution in [0.5, 0.6) is 0 Å². The van der Waals surface area contributed by atoms with E-state index in [4.69, 9.17) is 15.7 Å². The van der Waals surface area contributed by atoms with E-state index in [1.165, 1.54) is 0 Å². The molecule has 4 aliphatic carbocycles. The Labute approximate surface area is 174 Å². The van der Waals surface area contributed by atoms with Crippen molar-refractivity contribution >= 4 is 17.8 Å². The molecule has 9 nitrogen and oxygen atoms in total. The zero-order valence-corrected chi connectivity index (χ0v) is 16.8. The highest BCUT2D eigenvalue weighted by Crippen LogP contribution is 2.60. The molecule has 1 aliphatic heterocycles. The number of ether oxygens (including phenoxy) is 1. The first kappa shape index (κ1) is 19.1. The summed E-state index contributed by atoms with van der Waals surface area (Å²) in [4.78, 5) is 26.7. The second-order valence-electron chi connectivity index (χ2n) is 9.45. The van der Waals surface area contributed by atoms with E-state index in [2.05, 4.69) is 15.5 Å². The third kappa shape index (κ3) is 3.24. The van der Waals surface area contributed by atoms with Crippen LogP contribution in [0.4, 0.5) is 10.6 Å². The molecule has 3 atom stereocenters. The molecule has 2 amide bonds. The number of hydrogen-bond acceptors (Lipinski definition) is 7. The molecule has 0 radical (unpaired) electrons. The minimum atomic E-state index is -0.371. The normalized spacial score (nSPS) is 36.4. The van der Waals surface area contributed by atoms with Crippen molar-refractivity contribution in [2.45, 2.75) is 50.7 Å². The van der Waals surface area contributed by atoms with Gasteiger partial charge in [-0.05, 0) is 68.4 Å². The third-order valence-corrected chi connectivity index (χ3v) is 7.52. The maximum atomic E-state index is 12.9. The summed E-state index contributed by atoms with van der Waals surface area (Å²) in [5.74, 6) is 1.45. The number of likely N-dealkylation sites (tertiary alicyclic amines) is 1. The van der Waals surface area contributed by atoms with Gasteiger partial charge in [-0.2, -0.15) is 5.26 Å². The summed E-state index contributed by atoms with van der Waals surface area (Å²) in [5, 5.41) is 19.9. The molecular formula is C21H26N6O3. The quantitative estimate of drug-likeness (QED) is 0.770. The topological polar surface area (TPSA) is 134 Å². The van der Waals surface area contributed by atoms with Gasteiger partial charge in [0.15, 0.2) is 5.69 Å². The Morgan fingerprint density at radius 2 is 2.00 bits per heavy atom. The number of nitrogens with one attached hydrogen (secondary N) is 1. The molecule has 2 heterocycles. The molecule has 1 aromatic heterocycles. The molecule has 3 N–H and O–H groups in total. The second kappa shape index (κ2) is 7.11. The minimum absolute atomic E-state index is 0.0661. The Bertz CT molecular complexity index is 881. The van der Waals surface area contributed by atoms with Gasteiger partial charge in [0.2, 0.25) is 5.91 Å². The number of amides is 2. The number of carbonyl (C=O) groups is 2. The van der Waals surface area contributed by atoms with Crippen LogP contribution in [0.3, 0.4) is 0 Å². The summed E-state index contributed by atoms with van der Waals surface area (Å²) in [6, 6.07) is 5.34. The molecular weight excluding hydrogens is 384 g/mol. The standard InChI is InChI=1S/C21H26N6O3/c22-10-15-1-2-17(26-25-15)24-16-3-4-27(11-16)20(29)30-18-13-5-12-6-14(18)9-21(7-12,8-13)19(23)28/h1-2,12-14,16,18H,3-9,11H2,(H2,23,28)(H,24,26)/t12?,13?,14?,16-,18?,21?/m1/s1. The molecule has 9 heteroatoms. The van der Waals surface area contributed by atoms with Gasteiger partial charge < -0.3 is 20.7 Å². The monoisotopic (exact) mass is 410 g/mol. The van der Waals surface area contributed by atoms with Crippen LogP contribution in [-0.4, -0.2) is 52.3 Å². The van der Waals surface area contributed by atoms with Crippen molar-refractivity contribution in [3.63, 3.8) is 0 Å². The van der Waals surface area contributed by atoms with Crippen molar-refractivity contribution in [1.29, 1.82) is 5.26 Å². The predicted molar refractivity (Wildman–Crippen MR) is 106 cm³/mol. The average molecular weight is 410 g/mol. The molecule has 5 aliphatic rings. The first-order valence-corrected chi connectivity index (χ1v) is 10.7. The van der Waals surface area contributed by atoms with Crippen LogP contribution in [-0.2, 0) is 9.53 Å². The maximum absolute atomic E-state index is 12.9. The number of hydrogen-bond donors (Lipinski definition) is 2. The van der Waals surface area contributed by atoms with E-state index >= 15 is 0 Å². The van der Waals surface area contributed by atoms with Gasteiger partial charge >= 0.3 is 6.09 Å². The van der Waals surface area contributed by atoms with E-state index in [1.807, 2.05) is 6.07 Å². The van der Waals surface area contributed by atoms with E-state index in [-0.39, 0.29) is 47.1 Å². The van der Waals surface area contributed by atoms with Crippen LogP contribution in [0.25, 0.3) is 0 Å². The number of primary amides is 1. The number of nitrogens with zero attached hydrogens (tertiary/aromatic N) is 4. The number of nitrogens with two attached hydrogens (primary N) is 1. The van der Waals surface area contributed by atoms with Crippen LogP contribution >= 0.6 is 0 Å². The Balaban J connectivity index is 1.18. The number of anilines is 1. The van der Waals surface area contributed by atoms with Gasteiger partial charge in [0.1, 0.15) is 18.0 Å². The molecule has 158 valence electrons. The summed E-state index contributed by atoms with van der Waals surface area (Å²) < 4.78 is 6.01. The number of aromatic nitrogens is 2. The van der Waals surface area contributed by atoms with Crippen LogP contribution in [0, 0.1) is 34.5 Å². The maximum Gasteiger partial charge on any atom is 0.410 e. The third-order valence-electron chi connectivity index (χ3n) is 7.52. The molecule has 2 unspecified atom stereocenters. The second-order valence-corrected chi connectivity index (χ2v) is 9.45. The fourth-order valence-electron chi connectivity index (χ4n) is 6.38.